The van der Waals surface area contributed by atoms with Crippen molar-refractivity contribution < 1.29 is 36.2 Å². The summed E-state index contributed by atoms with van der Waals surface area (Å²) in [7, 11) is -4.11. The van der Waals surface area contributed by atoms with Crippen molar-refractivity contribution in [2.24, 2.45) is 5.73 Å². The summed E-state index contributed by atoms with van der Waals surface area (Å²) in [4.78, 5) is 13.7. The molecule has 200 valence electrons. The van der Waals surface area contributed by atoms with Gasteiger partial charge < -0.3 is 15.6 Å². The van der Waals surface area contributed by atoms with Crippen LogP contribution in [0.4, 0.5) is 13.2 Å². The second-order valence-corrected chi connectivity index (χ2v) is 11.1. The molecule has 0 saturated heterocycles. The molecule has 0 aliphatic rings. The average molecular weight is 548 g/mol. The van der Waals surface area contributed by atoms with E-state index < -0.39 is 39.0 Å². The predicted molar refractivity (Wildman–Crippen MR) is 134 cm³/mol. The zero-order valence-corrected chi connectivity index (χ0v) is 21.0. The van der Waals surface area contributed by atoms with Gasteiger partial charge in [0.2, 0.25) is 10.8 Å². The summed E-state index contributed by atoms with van der Waals surface area (Å²) in [5.41, 5.74) is 5.83. The standard InChI is InChI=1S/C26H24F3N3O5S/c1-2-38(35,36)25(34,19-6-4-3-5-7-19)16-32-22-13-10-18(23(30)33)14-21(22)31-24(32)37-15-17-8-11-20(12-9-17)26(27,28)29/h3-14,34H,2,15-16H2,1H3,(H2,30,33). The van der Waals surface area contributed by atoms with Gasteiger partial charge in [0.25, 0.3) is 6.01 Å². The zero-order chi connectivity index (χ0) is 27.7. The molecule has 1 heterocycles. The fourth-order valence-corrected chi connectivity index (χ4v) is 5.28. The fraction of sp³-hybridized carbons (Fsp3) is 0.231. The first-order valence-electron chi connectivity index (χ1n) is 11.4. The van der Waals surface area contributed by atoms with Gasteiger partial charge in [-0.3, -0.25) is 9.36 Å². The number of carbonyl (C=O) groups is 1. The Bertz CT molecular complexity index is 1570. The highest BCUT2D eigenvalue weighted by molar-refractivity contribution is 7.92. The Balaban J connectivity index is 1.79. The van der Waals surface area contributed by atoms with Gasteiger partial charge in [-0.25, -0.2) is 8.42 Å². The minimum atomic E-state index is -4.49. The first kappa shape index (κ1) is 27.1. The molecule has 12 heteroatoms. The van der Waals surface area contributed by atoms with Crippen LogP contribution in [0.25, 0.3) is 11.0 Å². The monoisotopic (exact) mass is 547 g/mol. The van der Waals surface area contributed by atoms with E-state index in [1.165, 1.54) is 54.0 Å². The van der Waals surface area contributed by atoms with Crippen LogP contribution in [0.2, 0.25) is 0 Å². The van der Waals surface area contributed by atoms with E-state index in [0.717, 1.165) is 12.1 Å². The van der Waals surface area contributed by atoms with Crippen molar-refractivity contribution in [1.82, 2.24) is 9.55 Å². The van der Waals surface area contributed by atoms with Crippen LogP contribution in [0.3, 0.4) is 0 Å². The second kappa shape index (κ2) is 10.1. The van der Waals surface area contributed by atoms with E-state index in [4.69, 9.17) is 10.5 Å². The van der Waals surface area contributed by atoms with E-state index in [9.17, 15) is 31.5 Å². The Labute approximate surface area is 216 Å². The summed E-state index contributed by atoms with van der Waals surface area (Å²) in [6.07, 6.45) is -4.49. The van der Waals surface area contributed by atoms with Crippen LogP contribution in [0, 0.1) is 0 Å². The number of hydrogen-bond donors (Lipinski definition) is 2. The summed E-state index contributed by atoms with van der Waals surface area (Å²) < 4.78 is 72.2. The number of aliphatic hydroxyl groups is 1. The van der Waals surface area contributed by atoms with E-state index in [0.29, 0.717) is 11.1 Å². The fourth-order valence-electron chi connectivity index (χ4n) is 3.98. The molecule has 0 radical (unpaired) electrons. The molecule has 0 saturated carbocycles. The largest absolute Gasteiger partial charge is 0.460 e. The summed E-state index contributed by atoms with van der Waals surface area (Å²) >= 11 is 0. The number of alkyl halides is 3. The van der Waals surface area contributed by atoms with Crippen LogP contribution in [-0.4, -0.2) is 34.7 Å². The van der Waals surface area contributed by atoms with Gasteiger partial charge >= 0.3 is 6.18 Å². The molecule has 0 fully saturated rings. The highest BCUT2D eigenvalue weighted by atomic mass is 32.2. The Morgan fingerprint density at radius 1 is 1.03 bits per heavy atom. The molecule has 1 atom stereocenters. The summed E-state index contributed by atoms with van der Waals surface area (Å²) in [6.45, 7) is 0.701. The molecular weight excluding hydrogens is 523 g/mol. The third-order valence-electron chi connectivity index (χ3n) is 6.14. The van der Waals surface area contributed by atoms with Crippen LogP contribution < -0.4 is 10.5 Å². The minimum Gasteiger partial charge on any atom is -0.460 e. The molecular formula is C26H24F3N3O5S. The number of sulfone groups is 1. The van der Waals surface area contributed by atoms with Gasteiger partial charge in [0.05, 0.1) is 28.9 Å². The number of nitrogens with two attached hydrogens (primary N) is 1. The Morgan fingerprint density at radius 2 is 1.68 bits per heavy atom. The topological polar surface area (TPSA) is 125 Å². The van der Waals surface area contributed by atoms with Gasteiger partial charge in [-0.1, -0.05) is 49.4 Å². The highest BCUT2D eigenvalue weighted by Gasteiger charge is 2.44. The molecule has 4 aromatic rings. The van der Waals surface area contributed by atoms with Crippen LogP contribution >= 0.6 is 0 Å². The van der Waals surface area contributed by atoms with Crippen molar-refractivity contribution >= 4 is 26.8 Å². The van der Waals surface area contributed by atoms with Crippen molar-refractivity contribution in [2.45, 2.75) is 31.2 Å². The van der Waals surface area contributed by atoms with Crippen molar-refractivity contribution in [1.29, 1.82) is 0 Å². The van der Waals surface area contributed by atoms with Gasteiger partial charge in [0.1, 0.15) is 6.61 Å². The lowest BCUT2D eigenvalue weighted by Crippen LogP contribution is -2.41. The molecule has 0 aliphatic carbocycles. The maximum Gasteiger partial charge on any atom is 0.416 e. The number of fused-ring (bicyclic) bond motifs is 1. The highest BCUT2D eigenvalue weighted by Crippen LogP contribution is 2.35. The number of primary amides is 1. The van der Waals surface area contributed by atoms with Crippen LogP contribution in [0.1, 0.15) is 34.0 Å². The molecule has 8 nitrogen and oxygen atoms in total. The van der Waals surface area contributed by atoms with E-state index in [1.54, 1.807) is 18.2 Å². The maximum atomic E-state index is 13.2. The Kier molecular flexibility index (Phi) is 7.22. The summed E-state index contributed by atoms with van der Waals surface area (Å²) in [5, 5.41) is 11.6. The number of benzene rings is 3. The molecule has 1 aromatic heterocycles. The lowest BCUT2D eigenvalue weighted by molar-refractivity contribution is -0.137. The average Bonchev–Trinajstić information content (AvgIpc) is 3.23. The summed E-state index contributed by atoms with van der Waals surface area (Å²) in [6, 6.07) is 16.4. The normalized spacial score (nSPS) is 13.8. The van der Waals surface area contributed by atoms with Gasteiger partial charge in [-0.15, -0.1) is 0 Å². The first-order chi connectivity index (χ1) is 17.9. The molecule has 0 bridgehead atoms. The molecule has 0 spiro atoms. The maximum absolute atomic E-state index is 13.2. The molecule has 3 aromatic carbocycles. The van der Waals surface area contributed by atoms with Crippen molar-refractivity contribution in [2.75, 3.05) is 5.75 Å². The smallest absolute Gasteiger partial charge is 0.416 e. The zero-order valence-electron chi connectivity index (χ0n) is 20.1. The number of halogens is 3. The third-order valence-corrected chi connectivity index (χ3v) is 8.29. The van der Waals surface area contributed by atoms with Crippen molar-refractivity contribution in [3.63, 3.8) is 0 Å². The molecule has 4 rings (SSSR count). The minimum absolute atomic E-state index is 0.109. The van der Waals surface area contributed by atoms with Gasteiger partial charge in [0.15, 0.2) is 9.84 Å². The Hall–Kier alpha value is -3.90. The van der Waals surface area contributed by atoms with Gasteiger partial charge in [-0.2, -0.15) is 18.2 Å². The van der Waals surface area contributed by atoms with Crippen molar-refractivity contribution in [3.8, 4) is 6.01 Å². The molecule has 38 heavy (non-hydrogen) atoms. The van der Waals surface area contributed by atoms with E-state index in [-0.39, 0.29) is 35.0 Å². The number of hydrogen-bond acceptors (Lipinski definition) is 6. The van der Waals surface area contributed by atoms with Crippen LogP contribution in [-0.2, 0) is 34.1 Å². The number of amides is 1. The number of ether oxygens (including phenoxy) is 1. The third kappa shape index (κ3) is 5.22. The SMILES string of the molecule is CCS(=O)(=O)C(O)(Cn1c(OCc2ccc(C(F)(F)F)cc2)nc2cc(C(N)=O)ccc21)c1ccccc1. The number of carbonyl (C=O) groups excluding carboxylic acids is 1. The Morgan fingerprint density at radius 3 is 2.26 bits per heavy atom. The lowest BCUT2D eigenvalue weighted by atomic mass is 10.1. The quantitative estimate of drug-likeness (QED) is 0.326. The van der Waals surface area contributed by atoms with Crippen LogP contribution in [0.5, 0.6) is 6.01 Å². The molecule has 3 N–H and O–H groups in total. The van der Waals surface area contributed by atoms with Crippen molar-refractivity contribution in [3.05, 3.63) is 95.1 Å². The predicted octanol–water partition coefficient (Wildman–Crippen LogP) is 4.01. The number of imidazole rings is 1. The number of aromatic nitrogens is 2. The first-order valence-corrected chi connectivity index (χ1v) is 13.1. The second-order valence-electron chi connectivity index (χ2n) is 8.59. The summed E-state index contributed by atoms with van der Waals surface area (Å²) in [5.74, 6) is -1.07. The molecule has 0 aliphatic heterocycles. The lowest BCUT2D eigenvalue weighted by Gasteiger charge is -2.29. The van der Waals surface area contributed by atoms with E-state index >= 15 is 0 Å². The van der Waals surface area contributed by atoms with E-state index in [2.05, 4.69) is 4.98 Å². The van der Waals surface area contributed by atoms with Crippen LogP contribution in [0.15, 0.2) is 72.8 Å². The number of rotatable bonds is 9. The number of nitrogens with zero attached hydrogens (tertiary/aromatic N) is 2. The van der Waals surface area contributed by atoms with Gasteiger partial charge in [0, 0.05) is 11.1 Å². The molecule has 1 unspecified atom stereocenters. The van der Waals surface area contributed by atoms with E-state index in [1.807, 2.05) is 0 Å². The molecule has 1 amide bonds. The van der Waals surface area contributed by atoms with Gasteiger partial charge in [-0.05, 0) is 35.9 Å².